The first kappa shape index (κ1) is 23.7. The number of rotatable bonds is 7. The minimum absolute atomic E-state index is 0.0777. The molecular weight excluding hydrogens is 388 g/mol. The van der Waals surface area contributed by atoms with Gasteiger partial charge in [-0.3, -0.25) is 5.32 Å². The molecule has 8 nitrogen and oxygen atoms in total. The van der Waals surface area contributed by atoms with Crippen molar-refractivity contribution in [1.29, 1.82) is 0 Å². The van der Waals surface area contributed by atoms with Crippen molar-refractivity contribution in [3.8, 4) is 0 Å². The third kappa shape index (κ3) is 7.67. The minimum Gasteiger partial charge on any atom is -0.464 e. The maximum atomic E-state index is 12.6. The van der Waals surface area contributed by atoms with Crippen molar-refractivity contribution in [2.45, 2.75) is 64.8 Å². The topological polar surface area (TPSA) is 94.2 Å². The van der Waals surface area contributed by atoms with Crippen molar-refractivity contribution in [3.05, 3.63) is 35.9 Å². The van der Waals surface area contributed by atoms with Gasteiger partial charge in [-0.2, -0.15) is 0 Å². The third-order valence-corrected chi connectivity index (χ3v) is 4.53. The van der Waals surface area contributed by atoms with Crippen LogP contribution in [0.1, 0.15) is 46.1 Å². The van der Waals surface area contributed by atoms with E-state index in [-0.39, 0.29) is 25.3 Å². The van der Waals surface area contributed by atoms with E-state index >= 15 is 0 Å². The molecule has 0 bridgehead atoms. The summed E-state index contributed by atoms with van der Waals surface area (Å²) in [6.07, 6.45) is 0.813. The lowest BCUT2D eigenvalue weighted by Gasteiger charge is -2.34. The third-order valence-electron chi connectivity index (χ3n) is 4.53. The SMILES string of the molecule is CCOC(=O)C(NC1CCN(C(=O)OC(C)(C)C)CC1)C(=O)OCc1ccccc1. The zero-order valence-electron chi connectivity index (χ0n) is 18.2. The number of benzene rings is 1. The highest BCUT2D eigenvalue weighted by Gasteiger charge is 2.34. The molecule has 1 aromatic rings. The van der Waals surface area contributed by atoms with Crippen molar-refractivity contribution in [1.82, 2.24) is 10.2 Å². The van der Waals surface area contributed by atoms with E-state index in [9.17, 15) is 14.4 Å². The molecule has 1 aliphatic rings. The van der Waals surface area contributed by atoms with Crippen molar-refractivity contribution in [3.63, 3.8) is 0 Å². The summed E-state index contributed by atoms with van der Waals surface area (Å²) in [6, 6.07) is 7.93. The largest absolute Gasteiger partial charge is 0.464 e. The molecule has 1 unspecified atom stereocenters. The van der Waals surface area contributed by atoms with E-state index in [1.165, 1.54) is 0 Å². The van der Waals surface area contributed by atoms with Crippen molar-refractivity contribution >= 4 is 18.0 Å². The van der Waals surface area contributed by atoms with Crippen LogP contribution >= 0.6 is 0 Å². The number of ether oxygens (including phenoxy) is 3. The molecule has 8 heteroatoms. The van der Waals surface area contributed by atoms with E-state index in [4.69, 9.17) is 14.2 Å². The summed E-state index contributed by atoms with van der Waals surface area (Å²) in [5.74, 6) is -1.34. The summed E-state index contributed by atoms with van der Waals surface area (Å²) < 4.78 is 15.8. The van der Waals surface area contributed by atoms with Crippen LogP contribution < -0.4 is 5.32 Å². The number of hydrogen-bond acceptors (Lipinski definition) is 7. The van der Waals surface area contributed by atoms with Crippen molar-refractivity contribution in [2.75, 3.05) is 19.7 Å². The fraction of sp³-hybridized carbons (Fsp3) is 0.591. The first-order chi connectivity index (χ1) is 14.2. The summed E-state index contributed by atoms with van der Waals surface area (Å²) in [7, 11) is 0. The lowest BCUT2D eigenvalue weighted by Crippen LogP contribution is -2.54. The van der Waals surface area contributed by atoms with Gasteiger partial charge in [-0.25, -0.2) is 14.4 Å². The molecule has 1 aromatic carbocycles. The quantitative estimate of drug-likeness (QED) is 0.412. The van der Waals surface area contributed by atoms with E-state index in [0.717, 1.165) is 5.56 Å². The molecule has 1 amide bonds. The van der Waals surface area contributed by atoms with Gasteiger partial charge < -0.3 is 19.1 Å². The maximum absolute atomic E-state index is 12.6. The number of amides is 1. The average molecular weight is 421 g/mol. The highest BCUT2D eigenvalue weighted by Crippen LogP contribution is 2.16. The minimum atomic E-state index is -1.20. The van der Waals surface area contributed by atoms with Crippen LogP contribution in [0, 0.1) is 0 Å². The Kier molecular flexibility index (Phi) is 8.65. The fourth-order valence-corrected chi connectivity index (χ4v) is 3.06. The summed E-state index contributed by atoms with van der Waals surface area (Å²) in [6.45, 7) is 8.35. The Balaban J connectivity index is 1.91. The first-order valence-corrected chi connectivity index (χ1v) is 10.3. The molecule has 1 heterocycles. The highest BCUT2D eigenvalue weighted by molar-refractivity contribution is 5.99. The monoisotopic (exact) mass is 420 g/mol. The summed E-state index contributed by atoms with van der Waals surface area (Å²) in [5, 5.41) is 3.06. The van der Waals surface area contributed by atoms with Crippen molar-refractivity contribution < 1.29 is 28.6 Å². The zero-order valence-corrected chi connectivity index (χ0v) is 18.2. The molecule has 0 radical (unpaired) electrons. The van der Waals surface area contributed by atoms with E-state index in [1.54, 1.807) is 11.8 Å². The molecule has 30 heavy (non-hydrogen) atoms. The van der Waals surface area contributed by atoms with Crippen LogP contribution in [0.15, 0.2) is 30.3 Å². The first-order valence-electron chi connectivity index (χ1n) is 10.3. The molecular formula is C22H32N2O6. The van der Waals surface area contributed by atoms with Crippen LogP contribution in [0.2, 0.25) is 0 Å². The van der Waals surface area contributed by atoms with Gasteiger partial charge in [0.2, 0.25) is 6.04 Å². The Bertz CT molecular complexity index is 708. The summed E-state index contributed by atoms with van der Waals surface area (Å²) in [5.41, 5.74) is 0.281. The molecule has 1 aliphatic heterocycles. The Morgan fingerprint density at radius 3 is 2.23 bits per heavy atom. The Morgan fingerprint density at radius 1 is 1.07 bits per heavy atom. The van der Waals surface area contributed by atoms with Gasteiger partial charge in [0, 0.05) is 19.1 Å². The molecule has 0 aromatic heterocycles. The van der Waals surface area contributed by atoms with Crippen LogP contribution in [-0.2, 0) is 30.4 Å². The average Bonchev–Trinajstić information content (AvgIpc) is 2.70. The van der Waals surface area contributed by atoms with Gasteiger partial charge in [0.1, 0.15) is 12.2 Å². The zero-order chi connectivity index (χ0) is 22.1. The molecule has 1 N–H and O–H groups in total. The number of nitrogens with zero attached hydrogens (tertiary/aromatic N) is 1. The molecule has 0 aliphatic carbocycles. The van der Waals surface area contributed by atoms with Gasteiger partial charge in [-0.15, -0.1) is 0 Å². The molecule has 1 fully saturated rings. The molecule has 0 saturated carbocycles. The van der Waals surface area contributed by atoms with Crippen LogP contribution in [0.3, 0.4) is 0 Å². The molecule has 2 rings (SSSR count). The number of nitrogens with one attached hydrogen (secondary N) is 1. The highest BCUT2D eigenvalue weighted by atomic mass is 16.6. The van der Waals surface area contributed by atoms with Crippen LogP contribution in [0.5, 0.6) is 0 Å². The smallest absolute Gasteiger partial charge is 0.410 e. The lowest BCUT2D eigenvalue weighted by atomic mass is 10.0. The number of carbonyl (C=O) groups excluding carboxylic acids is 3. The Labute approximate surface area is 177 Å². The van der Waals surface area contributed by atoms with E-state index in [0.29, 0.717) is 25.9 Å². The molecule has 166 valence electrons. The maximum Gasteiger partial charge on any atom is 0.410 e. The molecule has 1 atom stereocenters. The second-order valence-electron chi connectivity index (χ2n) is 8.19. The number of piperidine rings is 1. The van der Waals surface area contributed by atoms with Gasteiger partial charge in [-0.05, 0) is 46.1 Å². The van der Waals surface area contributed by atoms with Gasteiger partial charge >= 0.3 is 18.0 Å². The standard InChI is InChI=1S/C22H32N2O6/c1-5-28-19(25)18(20(26)29-15-16-9-7-6-8-10-16)23-17-11-13-24(14-12-17)21(27)30-22(2,3)4/h6-10,17-18,23H,5,11-15H2,1-4H3. The Morgan fingerprint density at radius 2 is 1.67 bits per heavy atom. The van der Waals surface area contributed by atoms with E-state index in [2.05, 4.69) is 5.32 Å². The second kappa shape index (κ2) is 11.0. The predicted octanol–water partition coefficient (Wildman–Crippen LogP) is 2.65. The van der Waals surface area contributed by atoms with Gasteiger partial charge in [0.05, 0.1) is 6.61 Å². The van der Waals surface area contributed by atoms with Gasteiger partial charge in [0.15, 0.2) is 0 Å². The van der Waals surface area contributed by atoms with E-state index in [1.807, 2.05) is 51.1 Å². The van der Waals surface area contributed by atoms with Crippen molar-refractivity contribution in [2.24, 2.45) is 0 Å². The lowest BCUT2D eigenvalue weighted by molar-refractivity contribution is -0.159. The second-order valence-corrected chi connectivity index (χ2v) is 8.19. The van der Waals surface area contributed by atoms with Gasteiger partial charge in [-0.1, -0.05) is 30.3 Å². The van der Waals surface area contributed by atoms with Crippen LogP contribution in [0.4, 0.5) is 4.79 Å². The Hall–Kier alpha value is -2.61. The normalized spacial score (nSPS) is 15.9. The molecule has 1 saturated heterocycles. The number of likely N-dealkylation sites (tertiary alicyclic amines) is 1. The van der Waals surface area contributed by atoms with Gasteiger partial charge in [0.25, 0.3) is 0 Å². The van der Waals surface area contributed by atoms with Crippen LogP contribution in [0.25, 0.3) is 0 Å². The van der Waals surface area contributed by atoms with E-state index < -0.39 is 23.6 Å². The predicted molar refractivity (Wildman–Crippen MR) is 111 cm³/mol. The fourth-order valence-electron chi connectivity index (χ4n) is 3.06. The number of carbonyl (C=O) groups is 3. The molecule has 0 spiro atoms. The summed E-state index contributed by atoms with van der Waals surface area (Å²) >= 11 is 0. The number of hydrogen-bond donors (Lipinski definition) is 1. The van der Waals surface area contributed by atoms with Crippen LogP contribution in [-0.4, -0.2) is 60.3 Å². The summed E-state index contributed by atoms with van der Waals surface area (Å²) in [4.78, 5) is 38.7. The number of esters is 2.